The summed E-state index contributed by atoms with van der Waals surface area (Å²) in [6.45, 7) is -1.82. The molecule has 6 nitrogen and oxygen atoms in total. The van der Waals surface area contributed by atoms with Crippen LogP contribution in [0.25, 0.3) is 0 Å². The van der Waals surface area contributed by atoms with E-state index in [2.05, 4.69) is 15.3 Å². The van der Waals surface area contributed by atoms with E-state index >= 15 is 0 Å². The van der Waals surface area contributed by atoms with Crippen LogP contribution in [-0.4, -0.2) is 36.4 Å². The number of carbonyl (C=O) groups is 1. The van der Waals surface area contributed by atoms with Crippen molar-refractivity contribution in [1.29, 1.82) is 0 Å². The summed E-state index contributed by atoms with van der Waals surface area (Å²) in [6, 6.07) is 4.05. The van der Waals surface area contributed by atoms with Gasteiger partial charge in [0.2, 0.25) is 0 Å². The number of nitrogens with one attached hydrogen (secondary N) is 1. The molecule has 0 bridgehead atoms. The molecule has 0 spiro atoms. The monoisotopic (exact) mass is 428 g/mol. The van der Waals surface area contributed by atoms with E-state index in [4.69, 9.17) is 10.5 Å². The van der Waals surface area contributed by atoms with E-state index in [0.29, 0.717) is 11.8 Å². The zero-order valence-electron chi connectivity index (χ0n) is 15.7. The number of amidine groups is 1. The van der Waals surface area contributed by atoms with Crippen LogP contribution >= 0.6 is 0 Å². The molecule has 0 unspecified atom stereocenters. The van der Waals surface area contributed by atoms with Crippen LogP contribution in [-0.2, 0) is 5.54 Å². The minimum atomic E-state index is -3.84. The number of amides is 1. The normalized spacial score (nSPS) is 20.4. The second-order valence-electron chi connectivity index (χ2n) is 6.66. The van der Waals surface area contributed by atoms with Gasteiger partial charge in [-0.25, -0.2) is 26.9 Å². The van der Waals surface area contributed by atoms with E-state index in [-0.39, 0.29) is 23.6 Å². The number of ether oxygens (including phenoxy) is 1. The van der Waals surface area contributed by atoms with Crippen LogP contribution in [0.3, 0.4) is 0 Å². The summed E-state index contributed by atoms with van der Waals surface area (Å²) >= 11 is 0. The number of alkyl halides is 3. The number of carbonyl (C=O) groups excluding carboxylic acids is 1. The minimum Gasteiger partial charge on any atom is -0.495 e. The Morgan fingerprint density at radius 2 is 2.03 bits per heavy atom. The quantitative estimate of drug-likeness (QED) is 0.713. The van der Waals surface area contributed by atoms with Gasteiger partial charge in [0, 0.05) is 30.2 Å². The van der Waals surface area contributed by atoms with Gasteiger partial charge in [0.15, 0.2) is 17.2 Å². The molecule has 0 saturated heterocycles. The maximum Gasteiger partial charge on any atom is 0.280 e. The molecule has 1 amide bonds. The van der Waals surface area contributed by atoms with Crippen LogP contribution in [0, 0.1) is 11.6 Å². The number of rotatable bonds is 5. The van der Waals surface area contributed by atoms with Gasteiger partial charge < -0.3 is 15.8 Å². The number of aromatic nitrogens is 1. The molecule has 1 aliphatic heterocycles. The van der Waals surface area contributed by atoms with Gasteiger partial charge in [-0.15, -0.1) is 0 Å². The van der Waals surface area contributed by atoms with E-state index in [0.717, 1.165) is 6.07 Å². The molecule has 2 aromatic rings. The first-order valence-electron chi connectivity index (χ1n) is 8.72. The lowest BCUT2D eigenvalue weighted by atomic mass is 9.80. The average Bonchev–Trinajstić information content (AvgIpc) is 2.72. The van der Waals surface area contributed by atoms with Crippen molar-refractivity contribution in [1.82, 2.24) is 4.98 Å². The topological polar surface area (TPSA) is 89.6 Å². The number of aliphatic imine (C=N–C) groups is 1. The van der Waals surface area contributed by atoms with E-state index in [9.17, 15) is 26.7 Å². The molecule has 11 heteroatoms. The fraction of sp³-hybridized carbons (Fsp3) is 0.316. The summed E-state index contributed by atoms with van der Waals surface area (Å²) in [5.41, 5.74) is 0.924. The van der Waals surface area contributed by atoms with E-state index < -0.39 is 47.7 Å². The predicted molar refractivity (Wildman–Crippen MR) is 98.6 cm³/mol. The number of nitrogens with two attached hydrogens (primary N) is 1. The van der Waals surface area contributed by atoms with E-state index in [1.165, 1.54) is 25.4 Å². The number of hydrogen-bond donors (Lipinski definition) is 2. The number of pyridine rings is 1. The third-order valence-corrected chi connectivity index (χ3v) is 4.76. The maximum absolute atomic E-state index is 14.6. The number of nitrogens with zero attached hydrogens (tertiary/aromatic N) is 2. The molecule has 1 aliphatic rings. The molecule has 3 N–H and O–H groups in total. The highest BCUT2D eigenvalue weighted by molar-refractivity contribution is 6.03. The second kappa shape index (κ2) is 7.88. The van der Waals surface area contributed by atoms with Crippen LogP contribution in [0.1, 0.15) is 28.9 Å². The average molecular weight is 428 g/mol. The molecule has 2 heterocycles. The number of methoxy groups -OCH3 is 1. The number of benzene rings is 1. The highest BCUT2D eigenvalue weighted by Crippen LogP contribution is 2.48. The maximum atomic E-state index is 14.6. The van der Waals surface area contributed by atoms with Crippen molar-refractivity contribution >= 4 is 17.4 Å². The first-order valence-corrected chi connectivity index (χ1v) is 8.72. The van der Waals surface area contributed by atoms with Gasteiger partial charge in [-0.05, 0) is 18.2 Å². The molecule has 0 fully saturated rings. The summed E-state index contributed by atoms with van der Waals surface area (Å²) in [5, 5.41) is 2.23. The van der Waals surface area contributed by atoms with Gasteiger partial charge >= 0.3 is 0 Å². The fourth-order valence-electron chi connectivity index (χ4n) is 3.12. The van der Waals surface area contributed by atoms with Gasteiger partial charge in [0.25, 0.3) is 11.8 Å². The summed E-state index contributed by atoms with van der Waals surface area (Å²) in [4.78, 5) is 19.6. The Balaban J connectivity index is 2.03. The van der Waals surface area contributed by atoms with E-state index in [1.807, 2.05) is 0 Å². The lowest BCUT2D eigenvalue weighted by Crippen LogP contribution is -2.51. The molecular weight excluding hydrogens is 411 g/mol. The van der Waals surface area contributed by atoms with Crippen molar-refractivity contribution in [3.05, 3.63) is 53.4 Å². The van der Waals surface area contributed by atoms with Crippen molar-refractivity contribution in [2.45, 2.75) is 24.3 Å². The molecule has 1 aromatic heterocycles. The summed E-state index contributed by atoms with van der Waals surface area (Å²) < 4.78 is 76.7. The predicted octanol–water partition coefficient (Wildman–Crippen LogP) is 3.57. The third kappa shape index (κ3) is 3.66. The Kier molecular flexibility index (Phi) is 5.64. The zero-order chi connectivity index (χ0) is 22.1. The number of anilines is 1. The van der Waals surface area contributed by atoms with Crippen LogP contribution < -0.4 is 15.8 Å². The molecule has 160 valence electrons. The highest BCUT2D eigenvalue weighted by Gasteiger charge is 2.58. The van der Waals surface area contributed by atoms with Gasteiger partial charge in [-0.1, -0.05) is 0 Å². The van der Waals surface area contributed by atoms with Crippen LogP contribution in [0.2, 0.25) is 0 Å². The van der Waals surface area contributed by atoms with Crippen LogP contribution in [0.4, 0.5) is 27.6 Å². The Hall–Kier alpha value is -3.24. The Labute approximate surface area is 168 Å². The highest BCUT2D eigenvalue weighted by atomic mass is 19.3. The first kappa shape index (κ1) is 21.5. The van der Waals surface area contributed by atoms with Gasteiger partial charge in [-0.2, -0.15) is 0 Å². The minimum absolute atomic E-state index is 0.104. The SMILES string of the molecule is COc1ccc(C(=O)Nc2cc(F)c(F)c([C@@]3(CF)N=C(N)CCC3(F)F)c2)nc1. The third-order valence-electron chi connectivity index (χ3n) is 4.76. The molecule has 30 heavy (non-hydrogen) atoms. The van der Waals surface area contributed by atoms with Crippen molar-refractivity contribution < 1.29 is 31.5 Å². The number of hydrogen-bond acceptors (Lipinski definition) is 5. The molecule has 1 atom stereocenters. The van der Waals surface area contributed by atoms with Crippen molar-refractivity contribution in [2.24, 2.45) is 10.7 Å². The van der Waals surface area contributed by atoms with Crippen molar-refractivity contribution in [2.75, 3.05) is 19.1 Å². The van der Waals surface area contributed by atoms with Crippen LogP contribution in [0.15, 0.2) is 35.5 Å². The molecule has 3 rings (SSSR count). The Bertz CT molecular complexity index is 997. The van der Waals surface area contributed by atoms with E-state index in [1.54, 1.807) is 0 Å². The molecule has 1 aromatic carbocycles. The van der Waals surface area contributed by atoms with Gasteiger partial charge in [-0.3, -0.25) is 9.79 Å². The second-order valence-corrected chi connectivity index (χ2v) is 6.66. The number of halogens is 5. The first-order chi connectivity index (χ1) is 14.1. The lowest BCUT2D eigenvalue weighted by molar-refractivity contribution is -0.0960. The molecule has 0 radical (unpaired) electrons. The summed E-state index contributed by atoms with van der Waals surface area (Å²) in [6.07, 6.45) is 0.0435. The van der Waals surface area contributed by atoms with Crippen LogP contribution in [0.5, 0.6) is 5.75 Å². The van der Waals surface area contributed by atoms with Gasteiger partial charge in [0.1, 0.15) is 18.1 Å². The fourth-order valence-corrected chi connectivity index (χ4v) is 3.12. The molecule has 0 aliphatic carbocycles. The largest absolute Gasteiger partial charge is 0.495 e. The smallest absolute Gasteiger partial charge is 0.280 e. The standard InChI is InChI=1S/C19H17F5N4O2/c1-30-11-2-3-14(26-8-11)17(29)27-10-6-12(16(22)13(21)7-10)18(9-20)19(23,24)5-4-15(25)28-18/h2-3,6-8H,4-5,9H2,1H3,(H2,25,28)(H,27,29)/t18-/m1/s1. The lowest BCUT2D eigenvalue weighted by Gasteiger charge is -2.39. The van der Waals surface area contributed by atoms with Gasteiger partial charge in [0.05, 0.1) is 19.1 Å². The Morgan fingerprint density at radius 3 is 2.63 bits per heavy atom. The Morgan fingerprint density at radius 1 is 1.30 bits per heavy atom. The molecular formula is C19H17F5N4O2. The molecule has 0 saturated carbocycles. The summed E-state index contributed by atoms with van der Waals surface area (Å²) in [5.74, 6) is -7.86. The van der Waals surface area contributed by atoms with Crippen molar-refractivity contribution in [3.8, 4) is 5.75 Å². The summed E-state index contributed by atoms with van der Waals surface area (Å²) in [7, 11) is 1.40. The zero-order valence-corrected chi connectivity index (χ0v) is 15.7. The van der Waals surface area contributed by atoms with Crippen molar-refractivity contribution in [3.63, 3.8) is 0 Å².